The summed E-state index contributed by atoms with van der Waals surface area (Å²) in [6.07, 6.45) is 0. The van der Waals surface area contributed by atoms with E-state index in [4.69, 9.17) is 9.56 Å². The molecule has 0 bridgehead atoms. The summed E-state index contributed by atoms with van der Waals surface area (Å²) in [5.41, 5.74) is 0.630. The van der Waals surface area contributed by atoms with Gasteiger partial charge in [-0.05, 0) is 25.1 Å². The molecule has 1 aromatic heterocycles. The molecule has 2 rings (SSSR count). The molecule has 0 aliphatic rings. The number of benzene rings is 1. The van der Waals surface area contributed by atoms with Crippen LogP contribution in [0.3, 0.4) is 0 Å². The van der Waals surface area contributed by atoms with Gasteiger partial charge in [0.25, 0.3) is 10.0 Å². The molecular formula is C9H8FNO3S. The van der Waals surface area contributed by atoms with E-state index < -0.39 is 15.8 Å². The van der Waals surface area contributed by atoms with E-state index in [1.807, 2.05) is 0 Å². The lowest BCUT2D eigenvalue weighted by Gasteiger charge is -1.92. The van der Waals surface area contributed by atoms with Gasteiger partial charge in [0.1, 0.15) is 11.4 Å². The Morgan fingerprint density at radius 1 is 1.40 bits per heavy atom. The number of hydrogen-bond donors (Lipinski definition) is 1. The van der Waals surface area contributed by atoms with Crippen molar-refractivity contribution in [3.05, 3.63) is 29.6 Å². The van der Waals surface area contributed by atoms with Crippen LogP contribution in [0, 0.1) is 12.7 Å². The van der Waals surface area contributed by atoms with Gasteiger partial charge in [0.15, 0.2) is 0 Å². The van der Waals surface area contributed by atoms with Crippen LogP contribution >= 0.6 is 0 Å². The second kappa shape index (κ2) is 3.04. The summed E-state index contributed by atoms with van der Waals surface area (Å²) in [5, 5.41) is 5.04. The van der Waals surface area contributed by atoms with Gasteiger partial charge >= 0.3 is 0 Å². The highest BCUT2D eigenvalue weighted by atomic mass is 32.2. The van der Waals surface area contributed by atoms with E-state index >= 15 is 0 Å². The lowest BCUT2D eigenvalue weighted by Crippen LogP contribution is -2.12. The first kappa shape index (κ1) is 10.1. The Kier molecular flexibility index (Phi) is 2.06. The number of nitrogens with two attached hydrogens (primary N) is 1. The fourth-order valence-electron chi connectivity index (χ4n) is 1.44. The summed E-state index contributed by atoms with van der Waals surface area (Å²) >= 11 is 0. The van der Waals surface area contributed by atoms with E-state index in [0.717, 1.165) is 0 Å². The van der Waals surface area contributed by atoms with Crippen LogP contribution in [0.4, 0.5) is 4.39 Å². The van der Waals surface area contributed by atoms with Gasteiger partial charge < -0.3 is 4.42 Å². The summed E-state index contributed by atoms with van der Waals surface area (Å²) in [6, 6.07) is 3.77. The first-order valence-electron chi connectivity index (χ1n) is 4.11. The van der Waals surface area contributed by atoms with Gasteiger partial charge in [-0.2, -0.15) is 0 Å². The highest BCUT2D eigenvalue weighted by Crippen LogP contribution is 2.28. The summed E-state index contributed by atoms with van der Waals surface area (Å²) in [7, 11) is -3.90. The zero-order chi connectivity index (χ0) is 11.2. The first-order chi connectivity index (χ1) is 6.89. The molecule has 4 nitrogen and oxygen atoms in total. The third-order valence-corrected chi connectivity index (χ3v) is 3.02. The van der Waals surface area contributed by atoms with Crippen LogP contribution < -0.4 is 5.14 Å². The molecule has 0 saturated carbocycles. The fraction of sp³-hybridized carbons (Fsp3) is 0.111. The zero-order valence-electron chi connectivity index (χ0n) is 7.82. The molecule has 0 radical (unpaired) electrons. The minimum atomic E-state index is -3.90. The Morgan fingerprint density at radius 2 is 2.07 bits per heavy atom. The maximum Gasteiger partial charge on any atom is 0.271 e. The molecule has 1 heterocycles. The third kappa shape index (κ3) is 1.62. The molecule has 2 N–H and O–H groups in total. The number of rotatable bonds is 1. The van der Waals surface area contributed by atoms with Crippen molar-refractivity contribution in [2.24, 2.45) is 5.14 Å². The van der Waals surface area contributed by atoms with Crippen LogP contribution in [0.25, 0.3) is 11.0 Å². The first-order valence-corrected chi connectivity index (χ1v) is 5.65. The van der Waals surface area contributed by atoms with Gasteiger partial charge in [-0.15, -0.1) is 0 Å². The van der Waals surface area contributed by atoms with Crippen molar-refractivity contribution in [1.82, 2.24) is 0 Å². The normalized spacial score (nSPS) is 12.2. The van der Waals surface area contributed by atoms with Crippen LogP contribution in [0.5, 0.6) is 0 Å². The van der Waals surface area contributed by atoms with E-state index in [2.05, 4.69) is 0 Å². The molecule has 0 fully saturated rings. The van der Waals surface area contributed by atoms with Crippen molar-refractivity contribution in [2.45, 2.75) is 12.0 Å². The van der Waals surface area contributed by atoms with Gasteiger partial charge in [0, 0.05) is 10.9 Å². The molecule has 0 aliphatic carbocycles. The average Bonchev–Trinajstić information content (AvgIpc) is 2.43. The Hall–Kier alpha value is -1.40. The van der Waals surface area contributed by atoms with Gasteiger partial charge in [0.05, 0.1) is 0 Å². The number of fused-ring (bicyclic) bond motifs is 1. The van der Waals surface area contributed by atoms with Crippen molar-refractivity contribution in [3.63, 3.8) is 0 Å². The largest absolute Gasteiger partial charge is 0.443 e. The zero-order valence-corrected chi connectivity index (χ0v) is 8.64. The molecule has 15 heavy (non-hydrogen) atoms. The summed E-state index contributed by atoms with van der Waals surface area (Å²) in [5.74, 6) is -0.452. The molecular weight excluding hydrogens is 221 g/mol. The smallest absolute Gasteiger partial charge is 0.271 e. The summed E-state index contributed by atoms with van der Waals surface area (Å²) in [6.45, 7) is 1.52. The van der Waals surface area contributed by atoms with E-state index in [1.54, 1.807) is 0 Å². The lowest BCUT2D eigenvalue weighted by molar-refractivity contribution is 0.478. The Bertz CT molecular complexity index is 630. The van der Waals surface area contributed by atoms with E-state index in [0.29, 0.717) is 16.5 Å². The minimum Gasteiger partial charge on any atom is -0.443 e. The van der Waals surface area contributed by atoms with Gasteiger partial charge in [-0.3, -0.25) is 0 Å². The number of halogens is 1. The third-order valence-electron chi connectivity index (χ3n) is 2.11. The summed E-state index contributed by atoms with van der Waals surface area (Å²) < 4.78 is 40.1. The Labute approximate surface area is 85.5 Å². The second-order valence-electron chi connectivity index (χ2n) is 3.20. The van der Waals surface area contributed by atoms with Crippen molar-refractivity contribution in [1.29, 1.82) is 0 Å². The molecule has 2 aromatic rings. The van der Waals surface area contributed by atoms with Crippen LogP contribution in [-0.4, -0.2) is 8.42 Å². The topological polar surface area (TPSA) is 73.3 Å². The number of sulfonamides is 1. The van der Waals surface area contributed by atoms with Crippen LogP contribution in [0.2, 0.25) is 0 Å². The highest BCUT2D eigenvalue weighted by molar-refractivity contribution is 7.89. The van der Waals surface area contributed by atoms with Crippen molar-refractivity contribution in [2.75, 3.05) is 0 Å². The van der Waals surface area contributed by atoms with Crippen LogP contribution in [0.15, 0.2) is 27.7 Å². The number of aryl methyl sites for hydroxylation is 1. The fourth-order valence-corrected chi connectivity index (χ4v) is 2.18. The molecule has 80 valence electrons. The maximum absolute atomic E-state index is 12.9. The predicted molar refractivity (Wildman–Crippen MR) is 52.3 cm³/mol. The van der Waals surface area contributed by atoms with Crippen molar-refractivity contribution < 1.29 is 17.2 Å². The van der Waals surface area contributed by atoms with E-state index in [1.165, 1.54) is 25.1 Å². The molecule has 0 aliphatic heterocycles. The molecule has 0 amide bonds. The van der Waals surface area contributed by atoms with E-state index in [-0.39, 0.29) is 5.09 Å². The van der Waals surface area contributed by atoms with Crippen LogP contribution in [-0.2, 0) is 10.0 Å². The second-order valence-corrected chi connectivity index (χ2v) is 4.66. The molecule has 0 unspecified atom stereocenters. The predicted octanol–water partition coefficient (Wildman–Crippen LogP) is 1.53. The van der Waals surface area contributed by atoms with Crippen LogP contribution in [0.1, 0.15) is 5.56 Å². The quantitative estimate of drug-likeness (QED) is 0.805. The standard InChI is InChI=1S/C9H8FNO3S/c1-5-7-4-6(10)2-3-8(7)14-9(5)15(11,12)13/h2-4H,1H3,(H2,11,12,13). The number of primary sulfonamides is 1. The van der Waals surface area contributed by atoms with Crippen molar-refractivity contribution in [3.8, 4) is 0 Å². The molecule has 1 aromatic carbocycles. The Balaban J connectivity index is 2.87. The van der Waals surface area contributed by atoms with Gasteiger partial charge in [0.2, 0.25) is 5.09 Å². The van der Waals surface area contributed by atoms with Gasteiger partial charge in [-0.1, -0.05) is 0 Å². The molecule has 0 spiro atoms. The highest BCUT2D eigenvalue weighted by Gasteiger charge is 2.19. The van der Waals surface area contributed by atoms with E-state index in [9.17, 15) is 12.8 Å². The van der Waals surface area contributed by atoms with Gasteiger partial charge in [-0.25, -0.2) is 17.9 Å². The summed E-state index contributed by atoms with van der Waals surface area (Å²) in [4.78, 5) is 0. The van der Waals surface area contributed by atoms with Crippen molar-refractivity contribution >= 4 is 21.0 Å². The Morgan fingerprint density at radius 3 is 2.67 bits per heavy atom. The number of hydrogen-bond acceptors (Lipinski definition) is 3. The molecule has 6 heteroatoms. The molecule has 0 atom stereocenters. The SMILES string of the molecule is Cc1c(S(N)(=O)=O)oc2ccc(F)cc12. The molecule has 0 saturated heterocycles. The maximum atomic E-state index is 12.9. The number of furan rings is 1. The lowest BCUT2D eigenvalue weighted by atomic mass is 10.2. The monoisotopic (exact) mass is 229 g/mol. The minimum absolute atomic E-state index is 0.304. The average molecular weight is 229 g/mol.